The first-order valence-electron chi connectivity index (χ1n) is 5.83. The number of nitrogens with two attached hydrogens (primary N) is 1. The van der Waals surface area contributed by atoms with Crippen LogP contribution in [0.3, 0.4) is 0 Å². The molecule has 0 atom stereocenters. The predicted octanol–water partition coefficient (Wildman–Crippen LogP) is 2.95. The van der Waals surface area contributed by atoms with Crippen molar-refractivity contribution in [1.82, 2.24) is 0 Å². The van der Waals surface area contributed by atoms with Gasteiger partial charge in [-0.05, 0) is 29.3 Å². The van der Waals surface area contributed by atoms with Gasteiger partial charge in [-0.3, -0.25) is 0 Å². The second-order valence-corrected chi connectivity index (χ2v) is 4.09. The molecule has 0 aliphatic carbocycles. The maximum atomic E-state index is 8.72. The summed E-state index contributed by atoms with van der Waals surface area (Å²) < 4.78 is 0. The Kier molecular flexibility index (Phi) is 3.83. The number of hydrogen-bond acceptors (Lipinski definition) is 3. The molecule has 0 aliphatic heterocycles. The second-order valence-electron chi connectivity index (χ2n) is 4.09. The van der Waals surface area contributed by atoms with Gasteiger partial charge < -0.3 is 11.1 Å². The van der Waals surface area contributed by atoms with Crippen LogP contribution in [0.15, 0.2) is 48.5 Å². The highest BCUT2D eigenvalue weighted by atomic mass is 14.9. The van der Waals surface area contributed by atoms with Crippen molar-refractivity contribution < 1.29 is 0 Å². The lowest BCUT2D eigenvalue weighted by Gasteiger charge is -2.09. The summed E-state index contributed by atoms with van der Waals surface area (Å²) in [6.45, 7) is 0.761. The Morgan fingerprint density at radius 3 is 2.61 bits per heavy atom. The summed E-state index contributed by atoms with van der Waals surface area (Å²) in [5.41, 5.74) is 9.55. The molecule has 0 aliphatic rings. The van der Waals surface area contributed by atoms with E-state index in [-0.39, 0.29) is 0 Å². The largest absolute Gasteiger partial charge is 0.398 e. The Labute approximate surface area is 107 Å². The first-order chi connectivity index (χ1) is 8.79. The number of nitrogens with one attached hydrogen (secondary N) is 1. The molecule has 0 radical (unpaired) electrons. The summed E-state index contributed by atoms with van der Waals surface area (Å²) >= 11 is 0. The molecule has 0 bridgehead atoms. The van der Waals surface area contributed by atoms with E-state index in [4.69, 9.17) is 11.0 Å². The third-order valence-electron chi connectivity index (χ3n) is 2.75. The van der Waals surface area contributed by atoms with E-state index in [9.17, 15) is 0 Å². The lowest BCUT2D eigenvalue weighted by atomic mass is 10.1. The number of anilines is 2. The Bertz CT molecular complexity index is 556. The first kappa shape index (κ1) is 12.0. The van der Waals surface area contributed by atoms with Gasteiger partial charge in [0.2, 0.25) is 0 Å². The van der Waals surface area contributed by atoms with Crippen molar-refractivity contribution in [2.75, 3.05) is 11.1 Å². The minimum absolute atomic E-state index is 0.340. The van der Waals surface area contributed by atoms with Crippen LogP contribution in [-0.4, -0.2) is 0 Å². The Hall–Kier alpha value is -2.47. The fourth-order valence-corrected chi connectivity index (χ4v) is 1.75. The molecule has 90 valence electrons. The fraction of sp³-hybridized carbons (Fsp3) is 0.133. The molecule has 0 fully saturated rings. The SMILES string of the molecule is N#CCc1cc(NCc2ccccc2)ccc1N. The normalized spacial score (nSPS) is 9.72. The van der Waals surface area contributed by atoms with Gasteiger partial charge in [0.1, 0.15) is 0 Å². The van der Waals surface area contributed by atoms with Gasteiger partial charge >= 0.3 is 0 Å². The van der Waals surface area contributed by atoms with Crippen LogP contribution in [0.5, 0.6) is 0 Å². The van der Waals surface area contributed by atoms with Gasteiger partial charge in [0, 0.05) is 17.9 Å². The molecule has 3 nitrogen and oxygen atoms in total. The van der Waals surface area contributed by atoms with Crippen LogP contribution in [0.4, 0.5) is 11.4 Å². The topological polar surface area (TPSA) is 61.8 Å². The quantitative estimate of drug-likeness (QED) is 0.804. The van der Waals surface area contributed by atoms with Gasteiger partial charge in [0.05, 0.1) is 12.5 Å². The summed E-state index contributed by atoms with van der Waals surface area (Å²) in [7, 11) is 0. The molecular weight excluding hydrogens is 222 g/mol. The van der Waals surface area contributed by atoms with Gasteiger partial charge in [-0.25, -0.2) is 0 Å². The molecule has 0 unspecified atom stereocenters. The number of hydrogen-bond donors (Lipinski definition) is 2. The molecule has 2 rings (SSSR count). The van der Waals surface area contributed by atoms with E-state index in [1.54, 1.807) is 0 Å². The number of benzene rings is 2. The highest BCUT2D eigenvalue weighted by Gasteiger charge is 2.00. The summed E-state index contributed by atoms with van der Waals surface area (Å²) in [6, 6.07) is 18.0. The first-order valence-corrected chi connectivity index (χ1v) is 5.83. The Morgan fingerprint density at radius 2 is 1.89 bits per heavy atom. The average Bonchev–Trinajstić information content (AvgIpc) is 2.41. The van der Waals surface area contributed by atoms with Crippen LogP contribution in [0.25, 0.3) is 0 Å². The van der Waals surface area contributed by atoms with Gasteiger partial charge in [-0.2, -0.15) is 5.26 Å². The van der Waals surface area contributed by atoms with E-state index >= 15 is 0 Å². The molecule has 0 saturated carbocycles. The van der Waals surface area contributed by atoms with Crippen LogP contribution in [0.1, 0.15) is 11.1 Å². The van der Waals surface area contributed by atoms with E-state index in [0.29, 0.717) is 12.1 Å². The fourth-order valence-electron chi connectivity index (χ4n) is 1.75. The average molecular weight is 237 g/mol. The smallest absolute Gasteiger partial charge is 0.0670 e. The summed E-state index contributed by atoms with van der Waals surface area (Å²) in [6.07, 6.45) is 0.340. The van der Waals surface area contributed by atoms with E-state index in [0.717, 1.165) is 17.8 Å². The second kappa shape index (κ2) is 5.74. The zero-order valence-corrected chi connectivity index (χ0v) is 10.1. The molecule has 0 amide bonds. The minimum Gasteiger partial charge on any atom is -0.398 e. The monoisotopic (exact) mass is 237 g/mol. The maximum Gasteiger partial charge on any atom is 0.0670 e. The van der Waals surface area contributed by atoms with E-state index in [1.807, 2.05) is 36.4 Å². The molecule has 3 N–H and O–H groups in total. The van der Waals surface area contributed by atoms with E-state index in [1.165, 1.54) is 5.56 Å². The van der Waals surface area contributed by atoms with E-state index < -0.39 is 0 Å². The summed E-state index contributed by atoms with van der Waals surface area (Å²) in [4.78, 5) is 0. The number of rotatable bonds is 4. The molecule has 2 aromatic rings. The van der Waals surface area contributed by atoms with E-state index in [2.05, 4.69) is 23.5 Å². The van der Waals surface area contributed by atoms with Crippen molar-refractivity contribution in [3.05, 3.63) is 59.7 Å². The van der Waals surface area contributed by atoms with Gasteiger partial charge in [0.15, 0.2) is 0 Å². The summed E-state index contributed by atoms with van der Waals surface area (Å²) in [5.74, 6) is 0. The Morgan fingerprint density at radius 1 is 1.11 bits per heavy atom. The van der Waals surface area contributed by atoms with Crippen molar-refractivity contribution in [1.29, 1.82) is 5.26 Å². The molecular formula is C15H15N3. The lowest BCUT2D eigenvalue weighted by Crippen LogP contribution is -2.01. The van der Waals surface area contributed by atoms with Gasteiger partial charge in [-0.1, -0.05) is 30.3 Å². The van der Waals surface area contributed by atoms with Crippen LogP contribution < -0.4 is 11.1 Å². The summed E-state index contributed by atoms with van der Waals surface area (Å²) in [5, 5.41) is 12.0. The third kappa shape index (κ3) is 3.02. The highest BCUT2D eigenvalue weighted by molar-refractivity contribution is 5.58. The maximum absolute atomic E-state index is 8.72. The number of nitrogen functional groups attached to an aromatic ring is 1. The number of nitrogens with zero attached hydrogens (tertiary/aromatic N) is 1. The van der Waals surface area contributed by atoms with Crippen molar-refractivity contribution in [3.8, 4) is 6.07 Å². The van der Waals surface area contributed by atoms with Gasteiger partial charge in [0.25, 0.3) is 0 Å². The predicted molar refractivity (Wildman–Crippen MR) is 73.9 cm³/mol. The Balaban J connectivity index is 2.06. The van der Waals surface area contributed by atoms with Crippen LogP contribution >= 0.6 is 0 Å². The molecule has 0 heterocycles. The van der Waals surface area contributed by atoms with Crippen LogP contribution in [0, 0.1) is 11.3 Å². The van der Waals surface area contributed by atoms with Crippen molar-refractivity contribution >= 4 is 11.4 Å². The van der Waals surface area contributed by atoms with Crippen molar-refractivity contribution in [2.24, 2.45) is 0 Å². The molecule has 0 aromatic heterocycles. The molecule has 18 heavy (non-hydrogen) atoms. The van der Waals surface area contributed by atoms with Crippen LogP contribution in [0.2, 0.25) is 0 Å². The third-order valence-corrected chi connectivity index (χ3v) is 2.75. The van der Waals surface area contributed by atoms with Gasteiger partial charge in [-0.15, -0.1) is 0 Å². The van der Waals surface area contributed by atoms with Crippen LogP contribution in [-0.2, 0) is 13.0 Å². The molecule has 0 saturated heterocycles. The molecule has 3 heteroatoms. The zero-order chi connectivity index (χ0) is 12.8. The zero-order valence-electron chi connectivity index (χ0n) is 10.1. The highest BCUT2D eigenvalue weighted by Crippen LogP contribution is 2.18. The lowest BCUT2D eigenvalue weighted by molar-refractivity contribution is 1.14. The number of nitriles is 1. The molecule has 2 aromatic carbocycles. The minimum atomic E-state index is 0.340. The van der Waals surface area contributed by atoms with Crippen molar-refractivity contribution in [2.45, 2.75) is 13.0 Å². The molecule has 0 spiro atoms. The standard InChI is InChI=1S/C15H15N3/c16-9-8-13-10-14(6-7-15(13)17)18-11-12-4-2-1-3-5-12/h1-7,10,18H,8,11,17H2. The van der Waals surface area contributed by atoms with Crippen molar-refractivity contribution in [3.63, 3.8) is 0 Å².